The number of carboxylic acid groups (broad SMARTS) is 4. The smallest absolute Gasteiger partial charge is 0.303 e. The van der Waals surface area contributed by atoms with E-state index >= 15 is 0 Å². The van der Waals surface area contributed by atoms with E-state index in [4.69, 9.17) is 20.4 Å². The third-order valence-corrected chi connectivity index (χ3v) is 8.63. The van der Waals surface area contributed by atoms with Gasteiger partial charge in [-0.1, -0.05) is 13.8 Å². The van der Waals surface area contributed by atoms with Gasteiger partial charge in [-0.25, -0.2) is 9.97 Å². The number of hydrogen-bond acceptors (Lipinski definition) is 10. The van der Waals surface area contributed by atoms with Gasteiger partial charge < -0.3 is 46.3 Å². The van der Waals surface area contributed by atoms with Crippen LogP contribution in [0.1, 0.15) is 52.4 Å². The van der Waals surface area contributed by atoms with E-state index in [0.29, 0.717) is 11.1 Å². The summed E-state index contributed by atoms with van der Waals surface area (Å²) in [5.41, 5.74) is 1.77. The summed E-state index contributed by atoms with van der Waals surface area (Å²) < 4.78 is 0. The van der Waals surface area contributed by atoms with Gasteiger partial charge in [0.2, 0.25) is 0 Å². The van der Waals surface area contributed by atoms with E-state index < -0.39 is 23.9 Å². The molecule has 0 aromatic carbocycles. The van der Waals surface area contributed by atoms with Gasteiger partial charge >= 0.3 is 23.9 Å². The van der Waals surface area contributed by atoms with Crippen LogP contribution < -0.4 is 20.9 Å². The molecule has 47 heavy (non-hydrogen) atoms. The predicted molar refractivity (Wildman–Crippen MR) is 181 cm³/mol. The molecule has 2 unspecified atom stereocenters. The van der Waals surface area contributed by atoms with Crippen LogP contribution in [-0.4, -0.2) is 110 Å². The van der Waals surface area contributed by atoms with Crippen LogP contribution in [0.2, 0.25) is 0 Å². The van der Waals surface area contributed by atoms with Crippen molar-refractivity contribution in [2.24, 2.45) is 11.8 Å². The molecule has 0 saturated carbocycles. The Morgan fingerprint density at radius 1 is 0.894 bits per heavy atom. The van der Waals surface area contributed by atoms with Gasteiger partial charge in [0.25, 0.3) is 0 Å². The number of anilines is 1. The summed E-state index contributed by atoms with van der Waals surface area (Å²) >= 11 is 0. The molecule has 6 rings (SSSR count). The van der Waals surface area contributed by atoms with E-state index in [-0.39, 0.29) is 58.4 Å². The first kappa shape index (κ1) is 43.2. The Labute approximate surface area is 304 Å². The van der Waals surface area contributed by atoms with E-state index in [0.717, 1.165) is 48.3 Å². The zero-order valence-corrected chi connectivity index (χ0v) is 32.1. The van der Waals surface area contributed by atoms with Crippen molar-refractivity contribution in [2.45, 2.75) is 63.5 Å². The number of nitrogens with one attached hydrogen (secondary N) is 4. The molecule has 1 radical (unpaired) electrons. The van der Waals surface area contributed by atoms with Crippen LogP contribution in [0.15, 0.2) is 18.6 Å². The summed E-state index contributed by atoms with van der Waals surface area (Å²) in [7, 11) is 4.83. The minimum atomic E-state index is -1.08. The molecule has 2 aromatic heterocycles. The normalized spacial score (nSPS) is 24.7. The largest absolute Gasteiger partial charge is 0.481 e. The molecular formula is C29H48N7O8P2Y-. The van der Waals surface area contributed by atoms with Crippen LogP contribution in [0.25, 0.3) is 11.0 Å². The molecule has 0 amide bonds. The summed E-state index contributed by atoms with van der Waals surface area (Å²) in [5, 5.41) is 43.2. The Morgan fingerprint density at radius 3 is 1.74 bits per heavy atom. The van der Waals surface area contributed by atoms with Gasteiger partial charge in [0, 0.05) is 82.7 Å². The van der Waals surface area contributed by atoms with Crippen LogP contribution in [0.4, 0.5) is 5.82 Å². The van der Waals surface area contributed by atoms with Crippen LogP contribution in [0.3, 0.4) is 0 Å². The summed E-state index contributed by atoms with van der Waals surface area (Å²) in [6.45, 7) is 11.6. The first-order valence-electron chi connectivity index (χ1n) is 15.1. The van der Waals surface area contributed by atoms with Crippen LogP contribution in [0, 0.1) is 17.7 Å². The van der Waals surface area contributed by atoms with Gasteiger partial charge in [-0.15, -0.1) is 0 Å². The Balaban J connectivity index is 0.000000327. The fourth-order valence-corrected chi connectivity index (χ4v) is 5.57. The number of rotatable bonds is 7. The standard InChI is InChI=1S/C13H17N5.C7H14N2.2C4H6O4.CH5P2.Y/c1-9-6-17-13(9)3-5-18(7-13)12-10-2-4-14-11(10)15-8-16-12;1-6-4-9-7(6)2-3-8-5-7;2*5-3(6)1-2-4(7)8;2-1-3;/h2,4,8-9,17H,3,5-7H2,1H3,(H,14,15,16);6,8-9H,2-5H2,1H3;2*1-2H2,(H,5,6)(H,7,8);1H,2-3H2;/q;;;;-1;/t9-,13-;6-,7-;;;;/m00..../s1. The van der Waals surface area contributed by atoms with Gasteiger partial charge in [-0.05, 0) is 37.3 Å². The van der Waals surface area contributed by atoms with Gasteiger partial charge in [0.1, 0.15) is 17.8 Å². The number of fused-ring (bicyclic) bond motifs is 1. The van der Waals surface area contributed by atoms with E-state index in [2.05, 4.69) is 74.2 Å². The van der Waals surface area contributed by atoms with Gasteiger partial charge in [-0.2, -0.15) is 0 Å². The molecule has 4 fully saturated rings. The third kappa shape index (κ3) is 13.5. The maximum absolute atomic E-state index is 9.64. The molecule has 8 N–H and O–H groups in total. The van der Waals surface area contributed by atoms with Crippen molar-refractivity contribution in [3.8, 4) is 0 Å². The molecule has 6 heterocycles. The quantitative estimate of drug-likeness (QED) is 0.148. The number of aliphatic carboxylic acids is 4. The monoisotopic (exact) mass is 773 g/mol. The number of nitrogens with zero attached hydrogens (tertiary/aromatic N) is 3. The molecule has 18 heteroatoms. The van der Waals surface area contributed by atoms with Crippen molar-refractivity contribution in [3.05, 3.63) is 24.5 Å². The minimum absolute atomic E-state index is 0. The number of H-pyrrole nitrogens is 1. The maximum Gasteiger partial charge on any atom is 0.303 e. The molecular weight excluding hydrogens is 725 g/mol. The topological polar surface area (TPSA) is 230 Å². The van der Waals surface area contributed by atoms with Crippen LogP contribution >= 0.6 is 18.5 Å². The van der Waals surface area contributed by atoms with Gasteiger partial charge in [-0.3, -0.25) is 43.6 Å². The molecule has 15 nitrogen and oxygen atoms in total. The van der Waals surface area contributed by atoms with Crippen molar-refractivity contribution in [1.82, 2.24) is 30.9 Å². The summed E-state index contributed by atoms with van der Waals surface area (Å²) in [6.07, 6.45) is 4.93. The molecule has 2 spiro atoms. The first-order chi connectivity index (χ1) is 21.8. The molecule has 261 valence electrons. The van der Waals surface area contributed by atoms with E-state index in [1.165, 1.54) is 32.5 Å². The molecule has 6 atom stereocenters. The molecule has 4 aliphatic heterocycles. The molecule has 0 aliphatic carbocycles. The Kier molecular flexibility index (Phi) is 19.5. The zero-order chi connectivity index (χ0) is 34.3. The number of carboxylic acids is 4. The molecule has 0 bridgehead atoms. The summed E-state index contributed by atoms with van der Waals surface area (Å²) in [4.78, 5) is 52.8. The maximum atomic E-state index is 9.64. The Morgan fingerprint density at radius 2 is 1.40 bits per heavy atom. The van der Waals surface area contributed by atoms with Crippen molar-refractivity contribution in [1.29, 1.82) is 0 Å². The average molecular weight is 774 g/mol. The van der Waals surface area contributed by atoms with E-state index in [1.54, 1.807) is 6.33 Å². The summed E-state index contributed by atoms with van der Waals surface area (Å²) in [6, 6.07) is 2.06. The van der Waals surface area contributed by atoms with Crippen LogP contribution in [-0.2, 0) is 51.9 Å². The second-order valence-electron chi connectivity index (χ2n) is 11.7. The van der Waals surface area contributed by atoms with Crippen LogP contribution in [0.5, 0.6) is 0 Å². The molecule has 4 saturated heterocycles. The summed E-state index contributed by atoms with van der Waals surface area (Å²) in [5.74, 6) is 0.261. The SMILES string of the molecule is C[C@H]1CN[C@]12CCN(c1ncnc3[nH]ccc13)C2.C[C@H]1CN[C@]12CCNC2.O=C(O)CCC(=O)O.O=C(O)CCC(=O)O.P[CH-]P.[Y]. The minimum Gasteiger partial charge on any atom is -0.481 e. The first-order valence-corrected chi connectivity index (χ1v) is 16.5. The number of aromatic amines is 1. The van der Waals surface area contributed by atoms with Crippen molar-refractivity contribution in [3.63, 3.8) is 0 Å². The average Bonchev–Trinajstić information content (AvgIpc) is 3.80. The molecule has 2 aromatic rings. The number of aromatic nitrogens is 3. The second-order valence-corrected chi connectivity index (χ2v) is 13.2. The molecule has 4 aliphatic rings. The Hall–Kier alpha value is -1.86. The van der Waals surface area contributed by atoms with E-state index in [1.807, 2.05) is 12.1 Å². The zero-order valence-electron chi connectivity index (χ0n) is 26.9. The van der Waals surface area contributed by atoms with Gasteiger partial charge in [0.15, 0.2) is 0 Å². The fourth-order valence-electron chi connectivity index (χ4n) is 5.57. The van der Waals surface area contributed by atoms with Gasteiger partial charge in [0.05, 0.1) is 31.1 Å². The Bertz CT molecular complexity index is 1240. The van der Waals surface area contributed by atoms with Crippen molar-refractivity contribution in [2.75, 3.05) is 44.2 Å². The second kappa shape index (κ2) is 21.3. The van der Waals surface area contributed by atoms with E-state index in [9.17, 15) is 19.2 Å². The number of carbonyl (C=O) groups is 4. The third-order valence-electron chi connectivity index (χ3n) is 8.63. The number of hydrogen-bond donors (Lipinski definition) is 8. The van der Waals surface area contributed by atoms with Crippen molar-refractivity contribution < 1.29 is 72.3 Å². The fraction of sp³-hybridized carbons (Fsp3) is 0.621. The van der Waals surface area contributed by atoms with Crippen molar-refractivity contribution >= 4 is 59.2 Å². The predicted octanol–water partition coefficient (Wildman–Crippen LogP) is 1.83.